The average molecular weight is 1920 g/mol. The third kappa shape index (κ3) is 38.9. The van der Waals surface area contributed by atoms with E-state index in [9.17, 15) is 67.1 Å². The number of carbonyl (C=O) groups excluding carboxylic acids is 1. The number of nitrogens with one attached hydrogen (secondary N) is 3. The zero-order chi connectivity index (χ0) is 93.3. The van der Waals surface area contributed by atoms with Crippen LogP contribution in [0.4, 0.5) is 102 Å². The van der Waals surface area contributed by atoms with Crippen molar-refractivity contribution in [3.05, 3.63) is 206 Å². The zero-order valence-corrected chi connectivity index (χ0v) is 76.8. The number of esters is 1. The van der Waals surface area contributed by atoms with E-state index in [1.54, 1.807) is 24.1 Å². The third-order valence-corrected chi connectivity index (χ3v) is 16.5. The summed E-state index contributed by atoms with van der Waals surface area (Å²) in [5.41, 5.74) is 21.0. The molecule has 0 saturated carbocycles. The number of halogens is 9. The quantitative estimate of drug-likeness (QED) is 0.00461. The first kappa shape index (κ1) is 113. The smallest absolute Gasteiger partial charge is 1.00 e. The van der Waals surface area contributed by atoms with Crippen molar-refractivity contribution in [1.82, 2.24) is 79.6 Å². The molecule has 2 aromatic carbocycles. The number of hydrogen-bond acceptors (Lipinski definition) is 39. The number of nitrogen functional groups attached to an aromatic ring is 4. The Labute approximate surface area is 767 Å². The van der Waals surface area contributed by atoms with Crippen LogP contribution >= 0.6 is 34.8 Å². The Morgan fingerprint density at radius 3 is 1.22 bits per heavy atom. The van der Waals surface area contributed by atoms with Gasteiger partial charge in [-0.15, -0.1) is 0 Å². The van der Waals surface area contributed by atoms with E-state index in [1.165, 1.54) is 113 Å². The number of aromatic carboxylic acids is 1. The molecule has 1 saturated heterocycles. The summed E-state index contributed by atoms with van der Waals surface area (Å²) in [6.45, 7) is 12.6. The molecule has 686 valence electrons. The van der Waals surface area contributed by atoms with Gasteiger partial charge in [0.15, 0.2) is 6.29 Å². The number of carboxylic acids is 1. The third-order valence-electron chi connectivity index (χ3n) is 15.9. The van der Waals surface area contributed by atoms with Crippen molar-refractivity contribution < 1.29 is 103 Å². The maximum Gasteiger partial charge on any atom is 2.00 e. The Morgan fingerprint density at radius 1 is 0.512 bits per heavy atom. The summed E-state index contributed by atoms with van der Waals surface area (Å²) in [5.74, 6) is -4.50. The number of hydrogen-bond donors (Lipinski definition) is 12. The second-order valence-corrected chi connectivity index (χ2v) is 28.5. The van der Waals surface area contributed by atoms with Crippen molar-refractivity contribution in [2.75, 3.05) is 145 Å². The molecule has 1 aliphatic heterocycles. The van der Waals surface area contributed by atoms with Gasteiger partial charge in [0, 0.05) is 125 Å². The number of ether oxygens (including phenoxy) is 4. The van der Waals surface area contributed by atoms with Gasteiger partial charge in [-0.05, 0) is 111 Å². The van der Waals surface area contributed by atoms with E-state index >= 15 is 0 Å². The number of nitro benzene ring substituents is 2. The number of carboxylic acid groups (broad SMARTS) is 1. The molecule has 1 aliphatic rings. The number of methoxy groups -OCH3 is 3. The normalized spacial score (nSPS) is 11.6. The van der Waals surface area contributed by atoms with Gasteiger partial charge in [0.25, 0.3) is 11.4 Å². The summed E-state index contributed by atoms with van der Waals surface area (Å²) in [5, 5.41) is 78.7. The van der Waals surface area contributed by atoms with Crippen LogP contribution < -0.4 is 75.1 Å². The number of aliphatic hydroxyl groups is 4. The topological polar surface area (TPSA) is 592 Å². The fraction of sp³-hybridized carbons (Fsp3) is 0.347. The number of carbonyl (C=O) groups is 2. The number of likely N-dealkylation sites (N-methyl/N-ethyl adjacent to an activating group) is 4. The molecule has 0 amide bonds. The first-order valence-electron chi connectivity index (χ1n) is 35.9. The molecule has 0 spiro atoms. The second kappa shape index (κ2) is 53.7. The van der Waals surface area contributed by atoms with E-state index in [0.29, 0.717) is 70.7 Å². The van der Waals surface area contributed by atoms with Crippen LogP contribution in [0.2, 0.25) is 15.9 Å². The fourth-order valence-corrected chi connectivity index (χ4v) is 10.2. The Hall–Kier alpha value is -11.8. The molecular formula is C75H96BrCl3F5MgN27O15. The Morgan fingerprint density at radius 2 is 0.874 bits per heavy atom. The van der Waals surface area contributed by atoms with Crippen molar-refractivity contribution in [3.8, 4) is 11.5 Å². The molecule has 0 radical (unpaired) electrons. The molecule has 10 aromatic rings. The standard InChI is InChI=1S/C23H30FN9O4.C12H20N4O3.C11H11ClFN5O.C8H11FN2O.C7H7FN2O2.C6H5FN2O2.C4H8O2.C3HCl2N3.CH3.BrH.Mg/c1-23(2,34)14-9-20(24)25-12-16(14)29-22-27-13-26-21(30-22)28-15-10-18(33(35)36)17(11-19(15)37-6)32(5)8-7-31(3)4;1-14(2)5-6-15(3)10-8-12(19-4)9(13)7-11(10)16(17)18;1-11(2,19)6-3-8(13)14-4-7(6)17-10-16-5-15-9(12)18-10;1-8(2,12)5-3-7(9)11-4-6(5)10;1-12-7(11)4-2-6(8)10-3-5(4)9;7-5-1-3(6(10)11)4(8)2-9-5;5-4-2-1-3-6-4;4-2-6-1-7-3(5)8-2;;;/h9-13,34H,7-8H2,1-6H3,(H2,26,27,28,29,30);7-8H,5-6,13H2,1-4H3;3-5,19H,1-2H3,(H,15,16,17,18);3-4,12H,10H2,1-2H3;2-3H,9H2,1H3;1-2H,8H2,(H,10,11);4-5H,1-3H2;1H;1H3;1H;/q;;;;;;;;-1;;+2/p-1. The molecule has 11 rings (SSSR count). The van der Waals surface area contributed by atoms with Gasteiger partial charge < -0.3 is 127 Å². The van der Waals surface area contributed by atoms with E-state index < -0.39 is 74.6 Å². The van der Waals surface area contributed by atoms with Crippen LogP contribution in [0.15, 0.2) is 105 Å². The summed E-state index contributed by atoms with van der Waals surface area (Å²) in [4.78, 5) is 102. The van der Waals surface area contributed by atoms with Gasteiger partial charge in [-0.1, -0.05) is 0 Å². The van der Waals surface area contributed by atoms with Gasteiger partial charge in [-0.2, -0.15) is 36.9 Å². The number of pyridine rings is 5. The maximum absolute atomic E-state index is 13.7. The van der Waals surface area contributed by atoms with Gasteiger partial charge in [-0.25, -0.2) is 64.4 Å². The maximum atomic E-state index is 13.7. The van der Waals surface area contributed by atoms with Gasteiger partial charge in [-0.3, -0.25) is 20.2 Å². The van der Waals surface area contributed by atoms with E-state index in [1.807, 2.05) is 49.9 Å². The minimum atomic E-state index is -1.37. The molecule has 16 N–H and O–H groups in total. The van der Waals surface area contributed by atoms with Crippen LogP contribution in [0.3, 0.4) is 0 Å². The molecule has 1 atom stereocenters. The van der Waals surface area contributed by atoms with E-state index in [2.05, 4.69) is 90.5 Å². The van der Waals surface area contributed by atoms with Crippen LogP contribution in [0, 0.1) is 57.4 Å². The van der Waals surface area contributed by atoms with Crippen LogP contribution in [-0.4, -0.2) is 253 Å². The molecular weight excluding hydrogens is 1820 g/mol. The van der Waals surface area contributed by atoms with Crippen molar-refractivity contribution >= 4 is 150 Å². The minimum Gasteiger partial charge on any atom is -1.00 e. The number of nitrogens with zero attached hydrogens (tertiary/aromatic N) is 20. The predicted molar refractivity (Wildman–Crippen MR) is 463 cm³/mol. The van der Waals surface area contributed by atoms with Crippen LogP contribution in [-0.2, 0) is 26.3 Å². The van der Waals surface area contributed by atoms with Crippen molar-refractivity contribution in [2.24, 2.45) is 0 Å². The number of anilines is 12. The number of aliphatic hydroxyl groups excluding tert-OH is 1. The molecule has 9 heterocycles. The van der Waals surface area contributed by atoms with Crippen molar-refractivity contribution in [3.63, 3.8) is 0 Å². The Balaban J connectivity index is 0.000000771. The summed E-state index contributed by atoms with van der Waals surface area (Å²) in [6.07, 6.45) is 10.8. The summed E-state index contributed by atoms with van der Waals surface area (Å²) in [7, 11) is 15.5. The molecule has 8 aromatic heterocycles. The summed E-state index contributed by atoms with van der Waals surface area (Å²) >= 11 is 16.2. The molecule has 1 unspecified atom stereocenters. The van der Waals surface area contributed by atoms with Crippen LogP contribution in [0.25, 0.3) is 0 Å². The van der Waals surface area contributed by atoms with Crippen LogP contribution in [0.1, 0.15) is 91.8 Å². The van der Waals surface area contributed by atoms with Gasteiger partial charge in [0.1, 0.15) is 41.9 Å². The second-order valence-electron chi connectivity index (χ2n) is 27.5. The molecule has 0 bridgehead atoms. The number of aromatic nitrogens is 14. The molecule has 0 aliphatic carbocycles. The van der Waals surface area contributed by atoms with E-state index in [4.69, 9.17) is 82.2 Å². The zero-order valence-electron chi connectivity index (χ0n) is 71.5. The number of benzene rings is 2. The molecule has 127 heavy (non-hydrogen) atoms. The van der Waals surface area contributed by atoms with Gasteiger partial charge >= 0.3 is 35.0 Å². The van der Waals surface area contributed by atoms with Gasteiger partial charge in [0.2, 0.25) is 63.4 Å². The predicted octanol–water partition coefficient (Wildman–Crippen LogP) is 6.74. The number of nitro groups is 2. The Kier molecular flexibility index (Phi) is 47.8. The first-order valence-corrected chi connectivity index (χ1v) is 37.0. The molecule has 52 heteroatoms. The van der Waals surface area contributed by atoms with Crippen molar-refractivity contribution in [2.45, 2.75) is 77.5 Å². The summed E-state index contributed by atoms with van der Waals surface area (Å²) in [6, 6.07) is 11.0. The Bertz CT molecular complexity index is 5210. The largest absolute Gasteiger partial charge is 2.00 e. The average Bonchev–Trinajstić information content (AvgIpc) is 0.926. The van der Waals surface area contributed by atoms with E-state index in [0.717, 1.165) is 68.7 Å². The first-order chi connectivity index (χ1) is 58.0. The van der Waals surface area contributed by atoms with Gasteiger partial charge in [0.05, 0.1) is 130 Å². The molecule has 42 nitrogen and oxygen atoms in total. The van der Waals surface area contributed by atoms with Crippen molar-refractivity contribution in [1.29, 1.82) is 0 Å². The number of rotatable bonds is 23. The monoisotopic (exact) mass is 1920 g/mol. The number of nitrogens with two attached hydrogens (primary N) is 4. The van der Waals surface area contributed by atoms with E-state index in [-0.39, 0.29) is 132 Å². The van der Waals surface area contributed by atoms with Crippen LogP contribution in [0.5, 0.6) is 11.5 Å². The molecule has 1 fully saturated rings. The fourth-order valence-electron chi connectivity index (χ4n) is 9.75. The minimum absolute atomic E-state index is 0. The SMILES string of the molecule is CC(C)(O)c1cc(F)ncc1N.CC(C)(O)c1cc(F)ncc1Nc1ncnc(Cl)n1.COC(=O)c1cc(F)ncc1N.COc1cc(N(C)CCN(C)C)c([N+](=O)[O-])cc1N.COc1cc(N(C)CCN(C)C)c([N+](=O)[O-])cc1Nc1ncnc(Nc2cnc(F)cc2C(C)(C)O)n1.Clc1ncnc(Cl)n1.Nc1cnc(F)cc1C(=O)O.OC1CCCO1.[Br-].[CH3-].[Mg+2]. The summed E-state index contributed by atoms with van der Waals surface area (Å²) < 4.78 is 83.8.